The molecular weight excluding hydrogens is 282 g/mol. The zero-order chi connectivity index (χ0) is 15.1. The van der Waals surface area contributed by atoms with Gasteiger partial charge in [-0.05, 0) is 31.5 Å². The van der Waals surface area contributed by atoms with E-state index in [1.807, 2.05) is 13.8 Å². The van der Waals surface area contributed by atoms with Crippen molar-refractivity contribution in [2.75, 3.05) is 13.7 Å². The molecule has 0 aromatic heterocycles. The van der Waals surface area contributed by atoms with E-state index >= 15 is 0 Å². The van der Waals surface area contributed by atoms with E-state index in [0.717, 1.165) is 6.42 Å². The predicted octanol–water partition coefficient (Wildman–Crippen LogP) is 2.42. The first kappa shape index (κ1) is 16.3. The van der Waals surface area contributed by atoms with Gasteiger partial charge in [-0.15, -0.1) is 0 Å². The van der Waals surface area contributed by atoms with Crippen molar-refractivity contribution < 1.29 is 19.1 Å². The van der Waals surface area contributed by atoms with Gasteiger partial charge in [0, 0.05) is 11.1 Å². The molecule has 1 aromatic rings. The first-order valence-corrected chi connectivity index (χ1v) is 6.65. The van der Waals surface area contributed by atoms with Crippen LogP contribution in [0.4, 0.5) is 0 Å². The van der Waals surface area contributed by atoms with Gasteiger partial charge >= 0.3 is 5.97 Å². The first-order chi connectivity index (χ1) is 9.47. The standard InChI is InChI=1S/C14H18ClNO4/c1-4-9(2)16-13(17)8-20-14(18)11-7-10(15)5-6-12(11)19-3/h5-7,9H,4,8H2,1-3H3,(H,16,17). The van der Waals surface area contributed by atoms with Gasteiger partial charge in [0.15, 0.2) is 6.61 Å². The summed E-state index contributed by atoms with van der Waals surface area (Å²) in [4.78, 5) is 23.4. The fourth-order valence-corrected chi connectivity index (χ4v) is 1.64. The SMILES string of the molecule is CCC(C)NC(=O)COC(=O)c1cc(Cl)ccc1OC. The second kappa shape index (κ2) is 7.75. The third kappa shape index (κ3) is 4.74. The van der Waals surface area contributed by atoms with Crippen LogP contribution in [-0.4, -0.2) is 31.6 Å². The Morgan fingerprint density at radius 2 is 2.10 bits per heavy atom. The lowest BCUT2D eigenvalue weighted by atomic mass is 10.2. The molecule has 110 valence electrons. The second-order valence-electron chi connectivity index (χ2n) is 4.30. The van der Waals surface area contributed by atoms with Crippen LogP contribution in [0.1, 0.15) is 30.6 Å². The smallest absolute Gasteiger partial charge is 0.342 e. The molecule has 0 aliphatic heterocycles. The Morgan fingerprint density at radius 1 is 1.40 bits per heavy atom. The van der Waals surface area contributed by atoms with Crippen molar-refractivity contribution in [3.8, 4) is 5.75 Å². The quantitative estimate of drug-likeness (QED) is 0.819. The van der Waals surface area contributed by atoms with Crippen LogP contribution in [0.5, 0.6) is 5.75 Å². The average molecular weight is 300 g/mol. The number of rotatable bonds is 6. The lowest BCUT2D eigenvalue weighted by molar-refractivity contribution is -0.124. The van der Waals surface area contributed by atoms with Crippen LogP contribution in [0, 0.1) is 0 Å². The minimum absolute atomic E-state index is 0.0434. The summed E-state index contributed by atoms with van der Waals surface area (Å²) in [5, 5.41) is 3.09. The lowest BCUT2D eigenvalue weighted by Crippen LogP contribution is -2.35. The van der Waals surface area contributed by atoms with Crippen molar-refractivity contribution in [1.29, 1.82) is 0 Å². The normalized spacial score (nSPS) is 11.6. The highest BCUT2D eigenvalue weighted by molar-refractivity contribution is 6.31. The molecule has 0 saturated carbocycles. The molecule has 0 spiro atoms. The Balaban J connectivity index is 2.63. The Morgan fingerprint density at radius 3 is 2.70 bits per heavy atom. The summed E-state index contributed by atoms with van der Waals surface area (Å²) in [7, 11) is 1.44. The summed E-state index contributed by atoms with van der Waals surface area (Å²) < 4.78 is 9.99. The number of carbonyl (C=O) groups is 2. The molecule has 0 radical (unpaired) electrons. The van der Waals surface area contributed by atoms with Crippen molar-refractivity contribution in [2.24, 2.45) is 0 Å². The van der Waals surface area contributed by atoms with Crippen LogP contribution < -0.4 is 10.1 Å². The van der Waals surface area contributed by atoms with Gasteiger partial charge in [0.2, 0.25) is 0 Å². The van der Waals surface area contributed by atoms with Crippen molar-refractivity contribution in [3.05, 3.63) is 28.8 Å². The van der Waals surface area contributed by atoms with E-state index in [-0.39, 0.29) is 24.1 Å². The third-order valence-electron chi connectivity index (χ3n) is 2.74. The van der Waals surface area contributed by atoms with Gasteiger partial charge in [0.1, 0.15) is 11.3 Å². The number of benzene rings is 1. The number of amides is 1. The van der Waals surface area contributed by atoms with Crippen LogP contribution in [0.15, 0.2) is 18.2 Å². The van der Waals surface area contributed by atoms with E-state index < -0.39 is 5.97 Å². The summed E-state index contributed by atoms with van der Waals surface area (Å²) in [5.41, 5.74) is 0.191. The molecule has 1 amide bonds. The Hall–Kier alpha value is -1.75. The zero-order valence-electron chi connectivity index (χ0n) is 11.7. The van der Waals surface area contributed by atoms with E-state index in [1.165, 1.54) is 13.2 Å². The molecule has 20 heavy (non-hydrogen) atoms. The zero-order valence-corrected chi connectivity index (χ0v) is 12.5. The summed E-state index contributed by atoms with van der Waals surface area (Å²) in [6, 6.07) is 4.65. The molecule has 0 bridgehead atoms. The van der Waals surface area contributed by atoms with Crippen LogP contribution >= 0.6 is 11.6 Å². The van der Waals surface area contributed by atoms with Gasteiger partial charge in [-0.1, -0.05) is 18.5 Å². The fourth-order valence-electron chi connectivity index (χ4n) is 1.47. The third-order valence-corrected chi connectivity index (χ3v) is 2.97. The number of carbonyl (C=O) groups excluding carboxylic acids is 2. The van der Waals surface area contributed by atoms with Gasteiger partial charge in [0.25, 0.3) is 5.91 Å². The molecule has 1 aromatic carbocycles. The molecule has 6 heteroatoms. The number of esters is 1. The Kier molecular flexibility index (Phi) is 6.31. The predicted molar refractivity (Wildman–Crippen MR) is 76.2 cm³/mol. The molecule has 1 N–H and O–H groups in total. The molecule has 0 fully saturated rings. The highest BCUT2D eigenvalue weighted by atomic mass is 35.5. The Labute approximate surface area is 123 Å². The van der Waals surface area contributed by atoms with Crippen LogP contribution in [0.2, 0.25) is 5.02 Å². The fraction of sp³-hybridized carbons (Fsp3) is 0.429. The van der Waals surface area contributed by atoms with Crippen molar-refractivity contribution in [2.45, 2.75) is 26.3 Å². The molecule has 1 atom stereocenters. The number of halogens is 1. The summed E-state index contributed by atoms with van der Waals surface area (Å²) >= 11 is 5.83. The maximum atomic E-state index is 11.9. The molecule has 1 rings (SSSR count). The molecule has 0 heterocycles. The molecule has 0 saturated heterocycles. The van der Waals surface area contributed by atoms with E-state index in [4.69, 9.17) is 21.1 Å². The number of nitrogens with one attached hydrogen (secondary N) is 1. The van der Waals surface area contributed by atoms with Gasteiger partial charge in [-0.3, -0.25) is 4.79 Å². The maximum absolute atomic E-state index is 11.9. The first-order valence-electron chi connectivity index (χ1n) is 6.28. The minimum Gasteiger partial charge on any atom is -0.496 e. The van der Waals surface area contributed by atoms with E-state index in [1.54, 1.807) is 12.1 Å². The van der Waals surface area contributed by atoms with Gasteiger partial charge in [0.05, 0.1) is 7.11 Å². The van der Waals surface area contributed by atoms with E-state index in [2.05, 4.69) is 5.32 Å². The molecule has 5 nitrogen and oxygen atoms in total. The van der Waals surface area contributed by atoms with Crippen molar-refractivity contribution >= 4 is 23.5 Å². The number of methoxy groups -OCH3 is 1. The van der Waals surface area contributed by atoms with E-state index in [9.17, 15) is 9.59 Å². The van der Waals surface area contributed by atoms with Gasteiger partial charge in [-0.2, -0.15) is 0 Å². The number of hydrogen-bond acceptors (Lipinski definition) is 4. The van der Waals surface area contributed by atoms with E-state index in [0.29, 0.717) is 10.8 Å². The van der Waals surface area contributed by atoms with Crippen LogP contribution in [0.3, 0.4) is 0 Å². The lowest BCUT2D eigenvalue weighted by Gasteiger charge is -2.12. The minimum atomic E-state index is -0.649. The highest BCUT2D eigenvalue weighted by Gasteiger charge is 2.16. The van der Waals surface area contributed by atoms with Crippen LogP contribution in [0.25, 0.3) is 0 Å². The monoisotopic (exact) mass is 299 g/mol. The Bertz CT molecular complexity index is 490. The summed E-state index contributed by atoms with van der Waals surface area (Å²) in [6.07, 6.45) is 0.807. The molecule has 0 aliphatic rings. The summed E-state index contributed by atoms with van der Waals surface area (Å²) in [5.74, 6) is -0.640. The molecule has 1 unspecified atom stereocenters. The second-order valence-corrected chi connectivity index (χ2v) is 4.73. The average Bonchev–Trinajstić information content (AvgIpc) is 2.44. The summed E-state index contributed by atoms with van der Waals surface area (Å²) in [6.45, 7) is 3.49. The number of ether oxygens (including phenoxy) is 2. The molecular formula is C14H18ClNO4. The van der Waals surface area contributed by atoms with Crippen molar-refractivity contribution in [1.82, 2.24) is 5.32 Å². The van der Waals surface area contributed by atoms with Crippen molar-refractivity contribution in [3.63, 3.8) is 0 Å². The molecule has 0 aliphatic carbocycles. The topological polar surface area (TPSA) is 64.6 Å². The van der Waals surface area contributed by atoms with Gasteiger partial charge < -0.3 is 14.8 Å². The highest BCUT2D eigenvalue weighted by Crippen LogP contribution is 2.23. The van der Waals surface area contributed by atoms with Crippen LogP contribution in [-0.2, 0) is 9.53 Å². The largest absolute Gasteiger partial charge is 0.496 e. The number of hydrogen-bond donors (Lipinski definition) is 1. The van der Waals surface area contributed by atoms with Gasteiger partial charge in [-0.25, -0.2) is 4.79 Å². The maximum Gasteiger partial charge on any atom is 0.342 e.